The second-order valence-electron chi connectivity index (χ2n) is 8.67. The Morgan fingerprint density at radius 1 is 1.19 bits per heavy atom. The lowest BCUT2D eigenvalue weighted by atomic mass is 10.1. The highest BCUT2D eigenvalue weighted by Crippen LogP contribution is 2.25. The number of aromatic nitrogens is 1. The maximum Gasteiger partial charge on any atom is 0.339 e. The summed E-state index contributed by atoms with van der Waals surface area (Å²) in [5.74, 6) is 1.88. The van der Waals surface area contributed by atoms with E-state index in [1.54, 1.807) is 18.2 Å². The van der Waals surface area contributed by atoms with Gasteiger partial charge in [0.15, 0.2) is 9.84 Å². The smallest absolute Gasteiger partial charge is 0.339 e. The Kier molecular flexibility index (Phi) is 8.17. The van der Waals surface area contributed by atoms with E-state index in [0.29, 0.717) is 17.4 Å². The number of benzene rings is 2. The second-order valence-corrected chi connectivity index (χ2v) is 11.9. The third-order valence-electron chi connectivity index (χ3n) is 6.00. The summed E-state index contributed by atoms with van der Waals surface area (Å²) in [6.45, 7) is 2.24. The minimum absolute atomic E-state index is 0.0699. The van der Waals surface area contributed by atoms with Crippen molar-refractivity contribution in [1.29, 1.82) is 0 Å². The number of nitrogens with two attached hydrogens (primary N) is 1. The monoisotopic (exact) mass is 527 g/mol. The number of allylic oxidation sites excluding steroid dienone is 1. The van der Waals surface area contributed by atoms with Crippen molar-refractivity contribution in [3.05, 3.63) is 77.5 Å². The van der Waals surface area contributed by atoms with Crippen molar-refractivity contribution in [1.82, 2.24) is 10.0 Å². The fourth-order valence-corrected chi connectivity index (χ4v) is 6.61. The molecular weight excluding hydrogens is 498 g/mol. The van der Waals surface area contributed by atoms with Gasteiger partial charge in [-0.05, 0) is 67.7 Å². The number of nitrogens with zero attached hydrogens (tertiary/aromatic N) is 2. The number of para-hydroxylation sites is 1. The molecule has 0 radical (unpaired) electrons. The number of urea groups is 1. The van der Waals surface area contributed by atoms with Crippen molar-refractivity contribution < 1.29 is 23.2 Å². The number of aryl methyl sites for hydroxylation is 1. The standard InChI is InChI=1S/C26H29N3O5S2/c1-18-14-20(24-4-2-3-5-25(24)28-18)16-34-22-6-8-23(9-7-22)36(32,33)17-21(29(31)26(27)30)15-19-10-12-35-13-11-19/h2-9,14-15,21,31H,10-13,16-17H2,1H3,(H2,27,30). The van der Waals surface area contributed by atoms with Gasteiger partial charge in [-0.15, -0.1) is 0 Å². The van der Waals surface area contributed by atoms with Crippen LogP contribution in [0, 0.1) is 6.92 Å². The van der Waals surface area contributed by atoms with E-state index < -0.39 is 27.7 Å². The highest BCUT2D eigenvalue weighted by Gasteiger charge is 2.27. The van der Waals surface area contributed by atoms with Crippen LogP contribution < -0.4 is 10.5 Å². The number of thioether (sulfide) groups is 1. The summed E-state index contributed by atoms with van der Waals surface area (Å²) in [5.41, 5.74) is 9.01. The molecule has 0 aliphatic carbocycles. The normalized spacial score (nSPS) is 14.9. The quantitative estimate of drug-likeness (QED) is 0.251. The van der Waals surface area contributed by atoms with Gasteiger partial charge in [-0.1, -0.05) is 29.8 Å². The maximum atomic E-state index is 13.1. The van der Waals surface area contributed by atoms with Gasteiger partial charge in [0, 0.05) is 16.6 Å². The molecule has 10 heteroatoms. The fourth-order valence-electron chi connectivity index (χ4n) is 4.16. The van der Waals surface area contributed by atoms with Crippen LogP contribution in [0.2, 0.25) is 0 Å². The average molecular weight is 528 g/mol. The van der Waals surface area contributed by atoms with E-state index in [1.165, 1.54) is 12.1 Å². The van der Waals surface area contributed by atoms with Crippen molar-refractivity contribution in [2.45, 2.75) is 37.3 Å². The van der Waals surface area contributed by atoms with Gasteiger partial charge in [0.2, 0.25) is 0 Å². The van der Waals surface area contributed by atoms with Crippen molar-refractivity contribution in [2.75, 3.05) is 17.3 Å². The van der Waals surface area contributed by atoms with Gasteiger partial charge in [-0.3, -0.25) is 10.2 Å². The van der Waals surface area contributed by atoms with E-state index in [9.17, 15) is 18.4 Å². The fraction of sp³-hybridized carbons (Fsp3) is 0.308. The van der Waals surface area contributed by atoms with Crippen LogP contribution in [-0.4, -0.2) is 53.0 Å². The molecule has 0 saturated carbocycles. The summed E-state index contributed by atoms with van der Waals surface area (Å²) in [5, 5.41) is 11.5. The highest BCUT2D eigenvalue weighted by atomic mass is 32.2. The summed E-state index contributed by atoms with van der Waals surface area (Å²) in [6, 6.07) is 13.8. The Bertz CT molecular complexity index is 1370. The zero-order valence-corrected chi connectivity index (χ0v) is 21.6. The van der Waals surface area contributed by atoms with Gasteiger partial charge in [-0.2, -0.15) is 16.8 Å². The predicted molar refractivity (Wildman–Crippen MR) is 141 cm³/mol. The Hall–Kier alpha value is -3.08. The Morgan fingerprint density at radius 2 is 1.89 bits per heavy atom. The topological polar surface area (TPSA) is 123 Å². The molecule has 4 rings (SSSR count). The van der Waals surface area contributed by atoms with E-state index in [2.05, 4.69) is 4.98 Å². The van der Waals surface area contributed by atoms with E-state index in [0.717, 1.165) is 52.1 Å². The molecule has 1 fully saturated rings. The molecule has 1 aliphatic heterocycles. The highest BCUT2D eigenvalue weighted by molar-refractivity contribution is 7.99. The van der Waals surface area contributed by atoms with Crippen LogP contribution in [0.3, 0.4) is 0 Å². The first kappa shape index (κ1) is 26.0. The molecule has 2 amide bonds. The SMILES string of the molecule is Cc1cc(COc2ccc(S(=O)(=O)CC(C=C3CCSCC3)N(O)C(N)=O)cc2)c2ccccc2n1. The molecule has 8 nitrogen and oxygen atoms in total. The zero-order valence-electron chi connectivity index (χ0n) is 20.0. The van der Waals surface area contributed by atoms with Crippen LogP contribution in [0.25, 0.3) is 10.9 Å². The molecular formula is C26H29N3O5S2. The third-order valence-corrected chi connectivity index (χ3v) is 8.76. The van der Waals surface area contributed by atoms with Crippen LogP contribution in [0.15, 0.2) is 71.1 Å². The number of hydrogen-bond donors (Lipinski definition) is 2. The number of rotatable bonds is 8. The van der Waals surface area contributed by atoms with Crippen molar-refractivity contribution >= 4 is 38.5 Å². The molecule has 0 spiro atoms. The van der Waals surface area contributed by atoms with Gasteiger partial charge < -0.3 is 10.5 Å². The largest absolute Gasteiger partial charge is 0.489 e. The number of fused-ring (bicyclic) bond motifs is 1. The molecule has 190 valence electrons. The number of amides is 2. The number of ether oxygens (including phenoxy) is 1. The molecule has 36 heavy (non-hydrogen) atoms. The first-order valence-corrected chi connectivity index (χ1v) is 14.4. The van der Waals surface area contributed by atoms with Gasteiger partial charge in [0.05, 0.1) is 22.2 Å². The molecule has 0 bridgehead atoms. The molecule has 3 N–H and O–H groups in total. The molecule has 2 aromatic carbocycles. The van der Waals surface area contributed by atoms with Gasteiger partial charge in [-0.25, -0.2) is 13.2 Å². The number of sulfone groups is 1. The molecule has 1 aliphatic rings. The van der Waals surface area contributed by atoms with E-state index in [-0.39, 0.29) is 4.90 Å². The Labute approximate surface area is 215 Å². The second kappa shape index (κ2) is 11.3. The number of primary amides is 1. The number of carbonyl (C=O) groups is 1. The van der Waals surface area contributed by atoms with Crippen LogP contribution in [-0.2, 0) is 16.4 Å². The molecule has 1 unspecified atom stereocenters. The van der Waals surface area contributed by atoms with Gasteiger partial charge in [0.25, 0.3) is 0 Å². The zero-order chi connectivity index (χ0) is 25.7. The number of hydroxylamine groups is 2. The van der Waals surface area contributed by atoms with E-state index in [1.807, 2.05) is 49.0 Å². The molecule has 1 atom stereocenters. The lowest BCUT2D eigenvalue weighted by molar-refractivity contribution is -0.0555. The lowest BCUT2D eigenvalue weighted by Gasteiger charge is -2.24. The predicted octanol–water partition coefficient (Wildman–Crippen LogP) is 4.49. The maximum absolute atomic E-state index is 13.1. The van der Waals surface area contributed by atoms with Crippen molar-refractivity contribution in [2.24, 2.45) is 5.73 Å². The molecule has 3 aromatic rings. The van der Waals surface area contributed by atoms with Crippen LogP contribution in [0.4, 0.5) is 4.79 Å². The van der Waals surface area contributed by atoms with E-state index in [4.69, 9.17) is 10.5 Å². The van der Waals surface area contributed by atoms with Crippen LogP contribution >= 0.6 is 11.8 Å². The first-order valence-electron chi connectivity index (χ1n) is 11.6. The molecule has 1 saturated heterocycles. The number of pyridine rings is 1. The summed E-state index contributed by atoms with van der Waals surface area (Å²) < 4.78 is 32.2. The summed E-state index contributed by atoms with van der Waals surface area (Å²) in [4.78, 5) is 16.2. The van der Waals surface area contributed by atoms with Crippen molar-refractivity contribution in [3.8, 4) is 5.75 Å². The molecule has 2 heterocycles. The van der Waals surface area contributed by atoms with E-state index >= 15 is 0 Å². The average Bonchev–Trinajstić information content (AvgIpc) is 2.87. The lowest BCUT2D eigenvalue weighted by Crippen LogP contribution is -2.44. The van der Waals surface area contributed by atoms with Crippen molar-refractivity contribution in [3.63, 3.8) is 0 Å². The number of carbonyl (C=O) groups excluding carboxylic acids is 1. The number of hydrogen-bond acceptors (Lipinski definition) is 7. The minimum Gasteiger partial charge on any atom is -0.489 e. The van der Waals surface area contributed by atoms with Crippen LogP contribution in [0.5, 0.6) is 5.75 Å². The summed E-state index contributed by atoms with van der Waals surface area (Å²) in [7, 11) is -3.83. The molecule has 1 aromatic heterocycles. The first-order chi connectivity index (χ1) is 17.2. The summed E-state index contributed by atoms with van der Waals surface area (Å²) >= 11 is 1.81. The van der Waals surface area contributed by atoms with Gasteiger partial charge >= 0.3 is 6.03 Å². The Balaban J connectivity index is 1.48. The summed E-state index contributed by atoms with van der Waals surface area (Å²) in [6.07, 6.45) is 3.22. The minimum atomic E-state index is -3.83. The van der Waals surface area contributed by atoms with Crippen LogP contribution in [0.1, 0.15) is 24.1 Å². The Morgan fingerprint density at radius 3 is 2.58 bits per heavy atom. The van der Waals surface area contributed by atoms with Gasteiger partial charge in [0.1, 0.15) is 12.4 Å². The third kappa shape index (κ3) is 6.37.